The Balaban J connectivity index is 1.40. The maximum absolute atomic E-state index is 13.0. The second-order valence-corrected chi connectivity index (χ2v) is 8.95. The average molecular weight is 396 g/mol. The molecule has 0 aromatic heterocycles. The molecule has 0 bridgehead atoms. The fraction of sp³-hybridized carbons (Fsp3) is 0.591. The molecule has 4 aliphatic rings. The Morgan fingerprint density at radius 1 is 1.17 bits per heavy atom. The smallest absolute Gasteiger partial charge is 0.255 e. The Hall–Kier alpha value is -2.25. The molecule has 0 spiro atoms. The maximum Gasteiger partial charge on any atom is 0.255 e. The zero-order valence-corrected chi connectivity index (χ0v) is 16.7. The quantitative estimate of drug-likeness (QED) is 0.745. The average Bonchev–Trinajstić information content (AvgIpc) is 3.36. The van der Waals surface area contributed by atoms with Crippen LogP contribution < -0.4 is 11.1 Å². The minimum Gasteiger partial charge on any atom is -0.329 e. The van der Waals surface area contributed by atoms with Crippen LogP contribution >= 0.6 is 0 Å². The first-order chi connectivity index (χ1) is 14.0. The van der Waals surface area contributed by atoms with Gasteiger partial charge in [0.1, 0.15) is 6.04 Å². The van der Waals surface area contributed by atoms with E-state index in [4.69, 9.17) is 5.73 Å². The van der Waals surface area contributed by atoms with Crippen LogP contribution in [-0.4, -0.2) is 52.2 Å². The van der Waals surface area contributed by atoms with E-state index in [-0.39, 0.29) is 29.7 Å². The SMILES string of the molecule is NCC12CCCC1CCN2Cc1cccc2c1CN(C1CCC(=O)NC1=O)C2=O. The fourth-order valence-electron chi connectivity index (χ4n) is 6.13. The number of nitrogens with zero attached hydrogens (tertiary/aromatic N) is 2. The first-order valence-corrected chi connectivity index (χ1v) is 10.7. The summed E-state index contributed by atoms with van der Waals surface area (Å²) >= 11 is 0. The van der Waals surface area contributed by atoms with Crippen LogP contribution in [-0.2, 0) is 22.7 Å². The van der Waals surface area contributed by atoms with Crippen LogP contribution in [0.15, 0.2) is 18.2 Å². The van der Waals surface area contributed by atoms with E-state index in [1.54, 1.807) is 4.90 Å². The van der Waals surface area contributed by atoms with Gasteiger partial charge in [0.05, 0.1) is 0 Å². The van der Waals surface area contributed by atoms with Gasteiger partial charge in [0.15, 0.2) is 0 Å². The largest absolute Gasteiger partial charge is 0.329 e. The van der Waals surface area contributed by atoms with E-state index in [2.05, 4.69) is 16.3 Å². The van der Waals surface area contributed by atoms with Crippen LogP contribution in [0.3, 0.4) is 0 Å². The van der Waals surface area contributed by atoms with Crippen molar-refractivity contribution in [1.82, 2.24) is 15.1 Å². The van der Waals surface area contributed by atoms with Crippen molar-refractivity contribution in [2.75, 3.05) is 13.1 Å². The lowest BCUT2D eigenvalue weighted by atomic mass is 9.87. The molecule has 2 saturated heterocycles. The summed E-state index contributed by atoms with van der Waals surface area (Å²) in [5.74, 6) is -0.0429. The summed E-state index contributed by atoms with van der Waals surface area (Å²) in [6.07, 6.45) is 5.54. The minimum absolute atomic E-state index is 0.106. The number of benzene rings is 1. The van der Waals surface area contributed by atoms with Gasteiger partial charge < -0.3 is 10.6 Å². The Bertz CT molecular complexity index is 885. The summed E-state index contributed by atoms with van der Waals surface area (Å²) in [7, 11) is 0. The molecule has 0 radical (unpaired) electrons. The van der Waals surface area contributed by atoms with Crippen molar-refractivity contribution in [1.29, 1.82) is 0 Å². The summed E-state index contributed by atoms with van der Waals surface area (Å²) in [6.45, 7) is 2.97. The van der Waals surface area contributed by atoms with E-state index in [1.807, 2.05) is 12.1 Å². The number of amides is 3. The molecule has 1 aliphatic carbocycles. The van der Waals surface area contributed by atoms with Gasteiger partial charge in [-0.2, -0.15) is 0 Å². The van der Waals surface area contributed by atoms with E-state index < -0.39 is 6.04 Å². The lowest BCUT2D eigenvalue weighted by Gasteiger charge is -2.38. The molecule has 3 fully saturated rings. The van der Waals surface area contributed by atoms with E-state index in [1.165, 1.54) is 19.3 Å². The third kappa shape index (κ3) is 2.82. The highest BCUT2D eigenvalue weighted by molar-refractivity contribution is 6.05. The molecule has 3 unspecified atom stereocenters. The van der Waals surface area contributed by atoms with Gasteiger partial charge in [-0.15, -0.1) is 0 Å². The third-order valence-electron chi connectivity index (χ3n) is 7.69. The zero-order valence-electron chi connectivity index (χ0n) is 16.7. The zero-order chi connectivity index (χ0) is 20.2. The number of fused-ring (bicyclic) bond motifs is 2. The number of imide groups is 1. The monoisotopic (exact) mass is 396 g/mol. The van der Waals surface area contributed by atoms with Crippen LogP contribution in [0.1, 0.15) is 60.0 Å². The van der Waals surface area contributed by atoms with E-state index in [0.717, 1.165) is 30.6 Å². The number of nitrogens with two attached hydrogens (primary N) is 1. The maximum atomic E-state index is 13.0. The highest BCUT2D eigenvalue weighted by atomic mass is 16.2. The van der Waals surface area contributed by atoms with Crippen LogP contribution in [0.5, 0.6) is 0 Å². The molecule has 1 aromatic carbocycles. The fourth-order valence-corrected chi connectivity index (χ4v) is 6.13. The van der Waals surface area contributed by atoms with Crippen LogP contribution in [0.4, 0.5) is 0 Å². The molecule has 3 heterocycles. The number of piperidine rings is 1. The van der Waals surface area contributed by atoms with Gasteiger partial charge in [-0.3, -0.25) is 24.6 Å². The first kappa shape index (κ1) is 18.8. The van der Waals surface area contributed by atoms with Crippen molar-refractivity contribution in [2.45, 2.75) is 63.2 Å². The summed E-state index contributed by atoms with van der Waals surface area (Å²) in [6, 6.07) is 5.33. The Labute approximate surface area is 170 Å². The minimum atomic E-state index is -0.568. The van der Waals surface area contributed by atoms with Crippen molar-refractivity contribution in [3.8, 4) is 0 Å². The predicted octanol–water partition coefficient (Wildman–Crippen LogP) is 1.15. The summed E-state index contributed by atoms with van der Waals surface area (Å²) in [5, 5.41) is 2.37. The molecule has 154 valence electrons. The molecule has 7 nitrogen and oxygen atoms in total. The molecular formula is C22H28N4O3. The van der Waals surface area contributed by atoms with Gasteiger partial charge in [-0.05, 0) is 55.3 Å². The molecule has 3 N–H and O–H groups in total. The summed E-state index contributed by atoms with van der Waals surface area (Å²) in [5.41, 5.74) is 9.24. The lowest BCUT2D eigenvalue weighted by Crippen LogP contribution is -2.52. The topological polar surface area (TPSA) is 95.7 Å². The van der Waals surface area contributed by atoms with E-state index in [0.29, 0.717) is 31.0 Å². The molecule has 7 heteroatoms. The van der Waals surface area contributed by atoms with Gasteiger partial charge in [0.25, 0.3) is 5.91 Å². The second-order valence-electron chi connectivity index (χ2n) is 8.95. The Morgan fingerprint density at radius 3 is 2.83 bits per heavy atom. The van der Waals surface area contributed by atoms with Gasteiger partial charge in [-0.1, -0.05) is 18.6 Å². The normalized spacial score (nSPS) is 31.9. The number of carbonyl (C=O) groups excluding carboxylic acids is 3. The van der Waals surface area contributed by atoms with Crippen molar-refractivity contribution >= 4 is 17.7 Å². The van der Waals surface area contributed by atoms with Crippen molar-refractivity contribution in [3.05, 3.63) is 34.9 Å². The molecule has 29 heavy (non-hydrogen) atoms. The van der Waals surface area contributed by atoms with Gasteiger partial charge in [0.2, 0.25) is 11.8 Å². The Kier molecular flexibility index (Phi) is 4.47. The summed E-state index contributed by atoms with van der Waals surface area (Å²) < 4.78 is 0. The van der Waals surface area contributed by atoms with Crippen LogP contribution in [0, 0.1) is 5.92 Å². The highest BCUT2D eigenvalue weighted by Crippen LogP contribution is 2.47. The van der Waals surface area contributed by atoms with Crippen LogP contribution in [0.2, 0.25) is 0 Å². The van der Waals surface area contributed by atoms with Gasteiger partial charge >= 0.3 is 0 Å². The summed E-state index contributed by atoms with van der Waals surface area (Å²) in [4.78, 5) is 41.0. The standard InChI is InChI=1S/C22H28N4O3/c23-13-22-9-2-4-15(22)8-10-25(22)11-14-3-1-5-16-17(14)12-26(21(16)29)18-6-7-19(27)24-20(18)28/h1,3,5,15,18H,2,4,6-13,23H2,(H,24,27,28). The van der Waals surface area contributed by atoms with Gasteiger partial charge in [0, 0.05) is 37.2 Å². The van der Waals surface area contributed by atoms with Gasteiger partial charge in [-0.25, -0.2) is 0 Å². The first-order valence-electron chi connectivity index (χ1n) is 10.7. The molecule has 3 aliphatic heterocycles. The number of nitrogens with one attached hydrogen (secondary N) is 1. The Morgan fingerprint density at radius 2 is 2.03 bits per heavy atom. The van der Waals surface area contributed by atoms with Crippen molar-refractivity contribution < 1.29 is 14.4 Å². The second kappa shape index (κ2) is 6.92. The molecule has 3 atom stereocenters. The number of likely N-dealkylation sites (tertiary alicyclic amines) is 1. The van der Waals surface area contributed by atoms with Crippen molar-refractivity contribution in [2.24, 2.45) is 11.7 Å². The molecule has 1 aromatic rings. The predicted molar refractivity (Wildman–Crippen MR) is 107 cm³/mol. The third-order valence-corrected chi connectivity index (χ3v) is 7.69. The number of hydrogen-bond acceptors (Lipinski definition) is 5. The highest BCUT2D eigenvalue weighted by Gasteiger charge is 2.50. The van der Waals surface area contributed by atoms with Crippen molar-refractivity contribution in [3.63, 3.8) is 0 Å². The number of carbonyl (C=O) groups is 3. The number of hydrogen-bond donors (Lipinski definition) is 2. The van der Waals surface area contributed by atoms with E-state index >= 15 is 0 Å². The van der Waals surface area contributed by atoms with Crippen LogP contribution in [0.25, 0.3) is 0 Å². The molecular weight excluding hydrogens is 368 g/mol. The molecule has 1 saturated carbocycles. The molecule has 5 rings (SSSR count). The molecule has 3 amide bonds. The number of rotatable bonds is 4. The van der Waals surface area contributed by atoms with E-state index in [9.17, 15) is 14.4 Å². The lowest BCUT2D eigenvalue weighted by molar-refractivity contribution is -0.136.